The number of rotatable bonds is 6. The van der Waals surface area contributed by atoms with E-state index in [-0.39, 0.29) is 43.4 Å². The van der Waals surface area contributed by atoms with Crippen LogP contribution in [0.4, 0.5) is 18.0 Å². The molecule has 0 saturated carbocycles. The molecule has 2 rings (SSSR count). The van der Waals surface area contributed by atoms with Crippen LogP contribution in [0.1, 0.15) is 44.7 Å². The maximum Gasteiger partial charge on any atom is 0.416 e. The first-order valence-corrected chi connectivity index (χ1v) is 10.5. The number of nitrogens with zero attached hydrogens (tertiary/aromatic N) is 1. The first kappa shape index (κ1) is 25.5. The van der Waals surface area contributed by atoms with Gasteiger partial charge in [-0.3, -0.25) is 9.59 Å². The van der Waals surface area contributed by atoms with Crippen molar-refractivity contribution in [1.82, 2.24) is 15.5 Å². The summed E-state index contributed by atoms with van der Waals surface area (Å²) in [6.45, 7) is 6.33. The van der Waals surface area contributed by atoms with Crippen molar-refractivity contribution in [3.8, 4) is 0 Å². The van der Waals surface area contributed by atoms with Gasteiger partial charge in [-0.1, -0.05) is 18.2 Å². The molecule has 7 nitrogen and oxygen atoms in total. The van der Waals surface area contributed by atoms with Crippen LogP contribution < -0.4 is 10.6 Å². The predicted molar refractivity (Wildman–Crippen MR) is 112 cm³/mol. The molecular weight excluding hydrogens is 427 g/mol. The smallest absolute Gasteiger partial charge is 0.416 e. The Morgan fingerprint density at radius 3 is 2.47 bits per heavy atom. The monoisotopic (exact) mass is 457 g/mol. The molecule has 0 aromatic heterocycles. The zero-order chi connectivity index (χ0) is 23.9. The molecule has 0 aliphatic carbocycles. The highest BCUT2D eigenvalue weighted by atomic mass is 19.4. The third-order valence-corrected chi connectivity index (χ3v) is 4.85. The van der Waals surface area contributed by atoms with Gasteiger partial charge in [-0.2, -0.15) is 13.2 Å². The summed E-state index contributed by atoms with van der Waals surface area (Å²) in [5.74, 6) is -0.947. The van der Waals surface area contributed by atoms with Crippen LogP contribution in [0.2, 0.25) is 0 Å². The summed E-state index contributed by atoms with van der Waals surface area (Å²) in [6, 6.07) is 4.71. The van der Waals surface area contributed by atoms with E-state index in [9.17, 15) is 27.6 Å². The van der Waals surface area contributed by atoms with Gasteiger partial charge in [0, 0.05) is 26.2 Å². The summed E-state index contributed by atoms with van der Waals surface area (Å²) in [5, 5.41) is 5.28. The van der Waals surface area contributed by atoms with E-state index < -0.39 is 29.4 Å². The van der Waals surface area contributed by atoms with E-state index in [4.69, 9.17) is 4.74 Å². The second kappa shape index (κ2) is 10.7. The minimum atomic E-state index is -4.47. The van der Waals surface area contributed by atoms with E-state index in [1.807, 2.05) is 0 Å². The number of halogens is 3. The van der Waals surface area contributed by atoms with Crippen molar-refractivity contribution in [2.24, 2.45) is 5.92 Å². The standard InChI is InChI=1S/C22H30F3N3O4/c1-21(2,3)32-20(31)27-10-9-26-19(30)16-7-5-11-28(14-16)18(29)13-15-6-4-8-17(12-15)22(23,24)25/h4,6,8,12,16H,5,7,9-11,13-14H2,1-3H3,(H,26,30)(H,27,31). The van der Waals surface area contributed by atoms with E-state index in [1.165, 1.54) is 17.0 Å². The number of nitrogens with one attached hydrogen (secondary N) is 2. The van der Waals surface area contributed by atoms with Gasteiger partial charge in [0.25, 0.3) is 0 Å². The number of hydrogen-bond donors (Lipinski definition) is 2. The van der Waals surface area contributed by atoms with Crippen molar-refractivity contribution >= 4 is 17.9 Å². The number of benzene rings is 1. The van der Waals surface area contributed by atoms with Crippen LogP contribution in [0.15, 0.2) is 24.3 Å². The number of carbonyl (C=O) groups excluding carboxylic acids is 3. The van der Waals surface area contributed by atoms with Crippen LogP contribution in [0.5, 0.6) is 0 Å². The molecule has 1 unspecified atom stereocenters. The van der Waals surface area contributed by atoms with Crippen LogP contribution in [0.3, 0.4) is 0 Å². The second-order valence-electron chi connectivity index (χ2n) is 8.77. The topological polar surface area (TPSA) is 87.7 Å². The molecule has 0 radical (unpaired) electrons. The summed E-state index contributed by atoms with van der Waals surface area (Å²) in [6.07, 6.45) is -3.96. The number of alkyl carbamates (subject to hydrolysis) is 1. The average Bonchev–Trinajstić information content (AvgIpc) is 2.69. The fourth-order valence-electron chi connectivity index (χ4n) is 3.37. The molecule has 1 saturated heterocycles. The lowest BCUT2D eigenvalue weighted by molar-refractivity contribution is -0.138. The normalized spacial score (nSPS) is 16.9. The largest absolute Gasteiger partial charge is 0.444 e. The van der Waals surface area contributed by atoms with Gasteiger partial charge in [0.1, 0.15) is 5.60 Å². The lowest BCUT2D eigenvalue weighted by Gasteiger charge is -2.32. The summed E-state index contributed by atoms with van der Waals surface area (Å²) < 4.78 is 43.7. The fourth-order valence-corrected chi connectivity index (χ4v) is 3.37. The third-order valence-electron chi connectivity index (χ3n) is 4.85. The molecule has 1 aliphatic heterocycles. The Morgan fingerprint density at radius 2 is 1.81 bits per heavy atom. The molecule has 10 heteroatoms. The molecule has 0 spiro atoms. The Morgan fingerprint density at radius 1 is 1.12 bits per heavy atom. The average molecular weight is 457 g/mol. The number of amides is 3. The molecule has 178 valence electrons. The SMILES string of the molecule is CC(C)(C)OC(=O)NCCNC(=O)C1CCCN(C(=O)Cc2cccc(C(F)(F)F)c2)C1. The molecular formula is C22H30F3N3O4. The third kappa shape index (κ3) is 8.39. The van der Waals surface area contributed by atoms with Crippen molar-refractivity contribution < 1.29 is 32.3 Å². The van der Waals surface area contributed by atoms with Crippen molar-refractivity contribution in [1.29, 1.82) is 0 Å². The Bertz CT molecular complexity index is 821. The van der Waals surface area contributed by atoms with Crippen LogP contribution in [-0.2, 0) is 26.9 Å². The van der Waals surface area contributed by atoms with E-state index in [2.05, 4.69) is 10.6 Å². The predicted octanol–water partition coefficient (Wildman–Crippen LogP) is 3.13. The zero-order valence-electron chi connectivity index (χ0n) is 18.6. The molecule has 1 heterocycles. The molecule has 0 bridgehead atoms. The fraction of sp³-hybridized carbons (Fsp3) is 0.591. The van der Waals surface area contributed by atoms with Gasteiger partial charge >= 0.3 is 12.3 Å². The highest BCUT2D eigenvalue weighted by molar-refractivity contribution is 5.82. The van der Waals surface area contributed by atoms with Gasteiger partial charge in [-0.05, 0) is 45.2 Å². The molecule has 1 aromatic carbocycles. The molecule has 1 fully saturated rings. The van der Waals surface area contributed by atoms with Crippen molar-refractivity contribution in [2.45, 2.75) is 51.8 Å². The quantitative estimate of drug-likeness (QED) is 0.643. The molecule has 1 aromatic rings. The molecule has 1 atom stereocenters. The maximum atomic E-state index is 12.9. The Hall–Kier alpha value is -2.78. The first-order chi connectivity index (χ1) is 14.8. The number of hydrogen-bond acceptors (Lipinski definition) is 4. The maximum absolute atomic E-state index is 12.9. The zero-order valence-corrected chi connectivity index (χ0v) is 18.6. The van der Waals surface area contributed by atoms with Crippen LogP contribution in [0, 0.1) is 5.92 Å². The van der Waals surface area contributed by atoms with E-state index in [1.54, 1.807) is 20.8 Å². The summed E-state index contributed by atoms with van der Waals surface area (Å²) in [5.41, 5.74) is -1.12. The lowest BCUT2D eigenvalue weighted by atomic mass is 9.96. The van der Waals surface area contributed by atoms with Gasteiger partial charge < -0.3 is 20.3 Å². The van der Waals surface area contributed by atoms with Crippen LogP contribution in [-0.4, -0.2) is 54.6 Å². The summed E-state index contributed by atoms with van der Waals surface area (Å²) >= 11 is 0. The van der Waals surface area contributed by atoms with Gasteiger partial charge in [0.05, 0.1) is 17.9 Å². The number of alkyl halides is 3. The summed E-state index contributed by atoms with van der Waals surface area (Å²) in [7, 11) is 0. The van der Waals surface area contributed by atoms with Crippen molar-refractivity contribution in [2.75, 3.05) is 26.2 Å². The Balaban J connectivity index is 1.80. The van der Waals surface area contributed by atoms with Gasteiger partial charge in [-0.25, -0.2) is 4.79 Å². The van der Waals surface area contributed by atoms with Crippen LogP contribution >= 0.6 is 0 Å². The molecule has 1 aliphatic rings. The minimum absolute atomic E-state index is 0.155. The van der Waals surface area contributed by atoms with Crippen molar-refractivity contribution in [3.05, 3.63) is 35.4 Å². The van der Waals surface area contributed by atoms with Gasteiger partial charge in [0.15, 0.2) is 0 Å². The Labute approximate surface area is 185 Å². The number of carbonyl (C=O) groups is 3. The lowest BCUT2D eigenvalue weighted by Crippen LogP contribution is -2.47. The number of piperidine rings is 1. The van der Waals surface area contributed by atoms with Gasteiger partial charge in [-0.15, -0.1) is 0 Å². The highest BCUT2D eigenvalue weighted by Gasteiger charge is 2.31. The van der Waals surface area contributed by atoms with E-state index >= 15 is 0 Å². The number of likely N-dealkylation sites (tertiary alicyclic amines) is 1. The molecule has 2 N–H and O–H groups in total. The highest BCUT2D eigenvalue weighted by Crippen LogP contribution is 2.29. The Kier molecular flexibility index (Phi) is 8.51. The van der Waals surface area contributed by atoms with E-state index in [0.29, 0.717) is 19.4 Å². The van der Waals surface area contributed by atoms with E-state index in [0.717, 1.165) is 12.1 Å². The van der Waals surface area contributed by atoms with Crippen LogP contribution in [0.25, 0.3) is 0 Å². The van der Waals surface area contributed by atoms with Gasteiger partial charge in [0.2, 0.25) is 11.8 Å². The number of ether oxygens (including phenoxy) is 1. The minimum Gasteiger partial charge on any atom is -0.444 e. The summed E-state index contributed by atoms with van der Waals surface area (Å²) in [4.78, 5) is 38.1. The second-order valence-corrected chi connectivity index (χ2v) is 8.77. The molecule has 3 amide bonds. The molecule has 32 heavy (non-hydrogen) atoms. The first-order valence-electron chi connectivity index (χ1n) is 10.5. The van der Waals surface area contributed by atoms with Crippen molar-refractivity contribution in [3.63, 3.8) is 0 Å².